The predicted molar refractivity (Wildman–Crippen MR) is 88.8 cm³/mol. The minimum Gasteiger partial charge on any atom is -0.383 e. The highest BCUT2D eigenvalue weighted by Gasteiger charge is 2.07. The molecule has 2 N–H and O–H groups in total. The van der Waals surface area contributed by atoms with Crippen LogP contribution in [0, 0.1) is 25.2 Å². The maximum absolute atomic E-state index is 12.0. The lowest BCUT2D eigenvalue weighted by Crippen LogP contribution is -2.17. The number of hydrogen-bond donors (Lipinski definition) is 2. The third-order valence-electron chi connectivity index (χ3n) is 3.46. The fraction of sp³-hybridized carbons (Fsp3) is 0.222. The van der Waals surface area contributed by atoms with E-state index in [1.807, 2.05) is 50.2 Å². The first-order chi connectivity index (χ1) is 10.6. The van der Waals surface area contributed by atoms with Crippen molar-refractivity contribution in [3.8, 4) is 6.07 Å². The van der Waals surface area contributed by atoms with Crippen molar-refractivity contribution in [2.24, 2.45) is 0 Å². The summed E-state index contributed by atoms with van der Waals surface area (Å²) >= 11 is 0. The second kappa shape index (κ2) is 7.28. The van der Waals surface area contributed by atoms with Crippen molar-refractivity contribution in [2.75, 3.05) is 17.2 Å². The summed E-state index contributed by atoms with van der Waals surface area (Å²) in [6.07, 6.45) is 0.341. The minimum atomic E-state index is -0.0423. The smallest absolute Gasteiger partial charge is 0.226 e. The molecule has 1 amide bonds. The zero-order chi connectivity index (χ0) is 15.9. The molecule has 22 heavy (non-hydrogen) atoms. The van der Waals surface area contributed by atoms with E-state index in [-0.39, 0.29) is 5.91 Å². The van der Waals surface area contributed by atoms with Gasteiger partial charge in [0.2, 0.25) is 5.91 Å². The van der Waals surface area contributed by atoms with E-state index in [1.54, 1.807) is 6.07 Å². The van der Waals surface area contributed by atoms with E-state index in [4.69, 9.17) is 5.26 Å². The second-order valence-corrected chi connectivity index (χ2v) is 5.15. The predicted octanol–water partition coefficient (Wildman–Crippen LogP) is 3.62. The number of rotatable bonds is 5. The molecule has 4 heteroatoms. The van der Waals surface area contributed by atoms with Gasteiger partial charge < -0.3 is 10.6 Å². The summed E-state index contributed by atoms with van der Waals surface area (Å²) in [5, 5.41) is 15.1. The van der Waals surface area contributed by atoms with Gasteiger partial charge in [-0.05, 0) is 37.1 Å². The summed E-state index contributed by atoms with van der Waals surface area (Å²) in [7, 11) is 0. The third kappa shape index (κ3) is 3.86. The Morgan fingerprint density at radius 2 is 1.77 bits per heavy atom. The van der Waals surface area contributed by atoms with Crippen LogP contribution in [0.4, 0.5) is 11.4 Å². The quantitative estimate of drug-likeness (QED) is 0.885. The van der Waals surface area contributed by atoms with Gasteiger partial charge >= 0.3 is 0 Å². The molecule has 4 nitrogen and oxygen atoms in total. The summed E-state index contributed by atoms with van der Waals surface area (Å²) in [6.45, 7) is 4.43. The molecule has 0 bridgehead atoms. The molecule has 0 radical (unpaired) electrons. The molecule has 2 aromatic rings. The largest absolute Gasteiger partial charge is 0.383 e. The van der Waals surface area contributed by atoms with Crippen LogP contribution in [0.1, 0.15) is 23.1 Å². The zero-order valence-corrected chi connectivity index (χ0v) is 12.8. The fourth-order valence-corrected chi connectivity index (χ4v) is 2.26. The summed E-state index contributed by atoms with van der Waals surface area (Å²) in [4.78, 5) is 12.0. The van der Waals surface area contributed by atoms with E-state index in [2.05, 4.69) is 16.7 Å². The van der Waals surface area contributed by atoms with Crippen LogP contribution in [0.5, 0.6) is 0 Å². The molecule has 0 aliphatic carbocycles. The van der Waals surface area contributed by atoms with Crippen molar-refractivity contribution in [3.63, 3.8) is 0 Å². The third-order valence-corrected chi connectivity index (χ3v) is 3.46. The van der Waals surface area contributed by atoms with Gasteiger partial charge in [0.15, 0.2) is 0 Å². The molecule has 0 aliphatic heterocycles. The van der Waals surface area contributed by atoms with Gasteiger partial charge in [0, 0.05) is 18.7 Å². The Hall–Kier alpha value is -2.80. The number of nitrogens with one attached hydrogen (secondary N) is 2. The lowest BCUT2D eigenvalue weighted by Gasteiger charge is -2.12. The van der Waals surface area contributed by atoms with E-state index >= 15 is 0 Å². The summed E-state index contributed by atoms with van der Waals surface area (Å²) in [5.74, 6) is -0.0423. The van der Waals surface area contributed by atoms with Crippen molar-refractivity contribution in [1.29, 1.82) is 5.26 Å². The van der Waals surface area contributed by atoms with E-state index in [1.165, 1.54) is 0 Å². The van der Waals surface area contributed by atoms with Crippen molar-refractivity contribution < 1.29 is 4.79 Å². The lowest BCUT2D eigenvalue weighted by atomic mass is 10.1. The second-order valence-electron chi connectivity index (χ2n) is 5.15. The van der Waals surface area contributed by atoms with Crippen molar-refractivity contribution in [2.45, 2.75) is 20.3 Å². The number of carbonyl (C=O) groups excluding carboxylic acids is 1. The molecule has 0 heterocycles. The first kappa shape index (κ1) is 15.6. The monoisotopic (exact) mass is 293 g/mol. The van der Waals surface area contributed by atoms with Crippen LogP contribution in [0.25, 0.3) is 0 Å². The Morgan fingerprint density at radius 3 is 2.45 bits per heavy atom. The molecular weight excluding hydrogens is 274 g/mol. The van der Waals surface area contributed by atoms with Crippen molar-refractivity contribution >= 4 is 17.3 Å². The maximum Gasteiger partial charge on any atom is 0.226 e. The Labute approximate surface area is 130 Å². The van der Waals surface area contributed by atoms with Crippen LogP contribution in [0.15, 0.2) is 42.5 Å². The number of benzene rings is 2. The molecule has 0 fully saturated rings. The van der Waals surface area contributed by atoms with Gasteiger partial charge in [-0.3, -0.25) is 4.79 Å². The number of amides is 1. The lowest BCUT2D eigenvalue weighted by molar-refractivity contribution is -0.115. The van der Waals surface area contributed by atoms with E-state index in [0.29, 0.717) is 18.5 Å². The van der Waals surface area contributed by atoms with Gasteiger partial charge in [0.1, 0.15) is 6.07 Å². The minimum absolute atomic E-state index is 0.0423. The first-order valence-corrected chi connectivity index (χ1v) is 7.21. The first-order valence-electron chi connectivity index (χ1n) is 7.21. The molecule has 0 saturated heterocycles. The number of aryl methyl sites for hydroxylation is 2. The molecule has 0 spiro atoms. The maximum atomic E-state index is 12.0. The summed E-state index contributed by atoms with van der Waals surface area (Å²) in [5.41, 5.74) is 4.32. The average Bonchev–Trinajstić information content (AvgIpc) is 2.51. The topological polar surface area (TPSA) is 64.9 Å². The molecule has 0 aromatic heterocycles. The fourth-order valence-electron chi connectivity index (χ4n) is 2.26. The Balaban J connectivity index is 1.90. The Morgan fingerprint density at radius 1 is 1.09 bits per heavy atom. The molecule has 0 saturated carbocycles. The molecule has 0 unspecified atom stereocenters. The van der Waals surface area contributed by atoms with Crippen molar-refractivity contribution in [1.82, 2.24) is 0 Å². The number of carbonyl (C=O) groups is 1. The molecule has 0 aliphatic rings. The number of para-hydroxylation sites is 2. The van der Waals surface area contributed by atoms with Gasteiger partial charge in [0.05, 0.1) is 11.3 Å². The van der Waals surface area contributed by atoms with Crippen LogP contribution in [0.3, 0.4) is 0 Å². The molecule has 0 atom stereocenters. The SMILES string of the molecule is Cc1cccc(C)c1NC(=O)CCNc1ccccc1C#N. The number of hydrogen-bond acceptors (Lipinski definition) is 3. The summed E-state index contributed by atoms with van der Waals surface area (Å²) in [6, 6.07) is 15.3. The molecule has 2 rings (SSSR count). The highest BCUT2D eigenvalue weighted by Crippen LogP contribution is 2.19. The van der Waals surface area contributed by atoms with Gasteiger partial charge in [-0.2, -0.15) is 5.26 Å². The van der Waals surface area contributed by atoms with Crippen LogP contribution < -0.4 is 10.6 Å². The molecular formula is C18H19N3O. The van der Waals surface area contributed by atoms with Gasteiger partial charge in [-0.25, -0.2) is 0 Å². The molecule has 112 valence electrons. The number of nitrogens with zero attached hydrogens (tertiary/aromatic N) is 1. The van der Waals surface area contributed by atoms with E-state index in [9.17, 15) is 4.79 Å². The standard InChI is InChI=1S/C18H19N3O/c1-13-6-5-7-14(2)18(13)21-17(22)10-11-20-16-9-4-3-8-15(16)12-19/h3-9,20H,10-11H2,1-2H3,(H,21,22). The molecule has 2 aromatic carbocycles. The van der Waals surface area contributed by atoms with Gasteiger partial charge in [-0.15, -0.1) is 0 Å². The number of nitriles is 1. The summed E-state index contributed by atoms with van der Waals surface area (Å²) < 4.78 is 0. The van der Waals surface area contributed by atoms with Crippen LogP contribution >= 0.6 is 0 Å². The van der Waals surface area contributed by atoms with E-state index in [0.717, 1.165) is 22.5 Å². The number of anilines is 2. The van der Waals surface area contributed by atoms with Crippen LogP contribution in [-0.2, 0) is 4.79 Å². The van der Waals surface area contributed by atoms with E-state index < -0.39 is 0 Å². The highest BCUT2D eigenvalue weighted by molar-refractivity contribution is 5.92. The Bertz CT molecular complexity index is 696. The normalized spacial score (nSPS) is 9.86. The van der Waals surface area contributed by atoms with Crippen LogP contribution in [-0.4, -0.2) is 12.5 Å². The van der Waals surface area contributed by atoms with Crippen LogP contribution in [0.2, 0.25) is 0 Å². The highest BCUT2D eigenvalue weighted by atomic mass is 16.1. The zero-order valence-electron chi connectivity index (χ0n) is 12.8. The average molecular weight is 293 g/mol. The van der Waals surface area contributed by atoms with Crippen molar-refractivity contribution in [3.05, 3.63) is 59.2 Å². The Kier molecular flexibility index (Phi) is 5.16. The van der Waals surface area contributed by atoms with Gasteiger partial charge in [0.25, 0.3) is 0 Å². The van der Waals surface area contributed by atoms with Gasteiger partial charge in [-0.1, -0.05) is 30.3 Å².